The number of benzene rings is 4. The van der Waals surface area contributed by atoms with Crippen molar-refractivity contribution in [3.63, 3.8) is 0 Å². The number of fused-ring (bicyclic) bond motifs is 1. The van der Waals surface area contributed by atoms with Crippen molar-refractivity contribution in [1.82, 2.24) is 0 Å². The highest BCUT2D eigenvalue weighted by Crippen LogP contribution is 2.30. The molecule has 0 unspecified atom stereocenters. The fraction of sp³-hybridized carbons (Fsp3) is 0. The van der Waals surface area contributed by atoms with Gasteiger partial charge in [-0.3, -0.25) is 0 Å². The van der Waals surface area contributed by atoms with E-state index in [1.165, 1.54) is 21.9 Å². The average Bonchev–Trinajstić information content (AvgIpc) is 2.67. The molecule has 0 spiro atoms. The van der Waals surface area contributed by atoms with E-state index < -0.39 is 0 Å². The summed E-state index contributed by atoms with van der Waals surface area (Å²) in [6.07, 6.45) is 0. The van der Waals surface area contributed by atoms with Gasteiger partial charge in [0.25, 0.3) is 0 Å². The zero-order chi connectivity index (χ0) is 16.2. The number of hydrogen-bond donors (Lipinski definition) is 0. The molecule has 0 amide bonds. The Balaban J connectivity index is 1.65. The zero-order valence-corrected chi connectivity index (χ0v) is 13.1. The van der Waals surface area contributed by atoms with E-state index in [0.717, 1.165) is 11.4 Å². The third-order valence-corrected chi connectivity index (χ3v) is 4.01. The molecule has 24 heavy (non-hydrogen) atoms. The molecule has 0 saturated carbocycles. The fourth-order valence-electron chi connectivity index (χ4n) is 2.79. The minimum atomic E-state index is 0.850. The van der Waals surface area contributed by atoms with Crippen molar-refractivity contribution in [1.29, 1.82) is 0 Å². The lowest BCUT2D eigenvalue weighted by Crippen LogP contribution is -1.80. The van der Waals surface area contributed by atoms with E-state index in [1.54, 1.807) is 0 Å². The summed E-state index contributed by atoms with van der Waals surface area (Å²) < 4.78 is 0. The predicted octanol–water partition coefficient (Wildman–Crippen LogP) is 6.92. The highest BCUT2D eigenvalue weighted by atomic mass is 15.1. The SMILES string of the molecule is c1ccc(N=Nc2ccc(-c3cccc4ccccc34)cc2)cc1. The Bertz CT molecular complexity index is 982. The number of rotatable bonds is 3. The Morgan fingerprint density at radius 1 is 0.458 bits per heavy atom. The Hall–Kier alpha value is -3.26. The summed E-state index contributed by atoms with van der Waals surface area (Å²) in [6, 6.07) is 32.8. The van der Waals surface area contributed by atoms with Gasteiger partial charge < -0.3 is 0 Å². The van der Waals surface area contributed by atoms with Crippen LogP contribution in [0.1, 0.15) is 0 Å². The normalized spacial score (nSPS) is 11.2. The summed E-state index contributed by atoms with van der Waals surface area (Å²) in [4.78, 5) is 0. The largest absolute Gasteiger partial charge is 0.151 e. The van der Waals surface area contributed by atoms with E-state index in [0.29, 0.717) is 0 Å². The first-order valence-corrected chi connectivity index (χ1v) is 7.95. The monoisotopic (exact) mass is 308 g/mol. The molecule has 0 aromatic heterocycles. The topological polar surface area (TPSA) is 24.7 Å². The minimum Gasteiger partial charge on any atom is -0.151 e. The van der Waals surface area contributed by atoms with E-state index in [4.69, 9.17) is 0 Å². The lowest BCUT2D eigenvalue weighted by atomic mass is 9.98. The van der Waals surface area contributed by atoms with Gasteiger partial charge in [-0.25, -0.2) is 0 Å². The maximum absolute atomic E-state index is 4.30. The van der Waals surface area contributed by atoms with Crippen molar-refractivity contribution in [2.75, 3.05) is 0 Å². The van der Waals surface area contributed by atoms with Gasteiger partial charge in [-0.2, -0.15) is 10.2 Å². The molecule has 0 aliphatic carbocycles. The Morgan fingerprint density at radius 3 is 1.88 bits per heavy atom. The van der Waals surface area contributed by atoms with Crippen LogP contribution in [0.2, 0.25) is 0 Å². The average molecular weight is 308 g/mol. The number of hydrogen-bond acceptors (Lipinski definition) is 2. The summed E-state index contributed by atoms with van der Waals surface area (Å²) in [5.74, 6) is 0. The second kappa shape index (κ2) is 6.47. The molecule has 4 rings (SSSR count). The molecule has 0 saturated heterocycles. The van der Waals surface area contributed by atoms with Crippen LogP contribution < -0.4 is 0 Å². The molecule has 0 aliphatic rings. The smallest absolute Gasteiger partial charge is 0.0857 e. The molecular weight excluding hydrogens is 292 g/mol. The molecule has 0 aliphatic heterocycles. The summed E-state index contributed by atoms with van der Waals surface area (Å²) in [5, 5.41) is 11.1. The van der Waals surface area contributed by atoms with Gasteiger partial charge in [0.05, 0.1) is 11.4 Å². The third kappa shape index (κ3) is 2.95. The van der Waals surface area contributed by atoms with Crippen molar-refractivity contribution < 1.29 is 0 Å². The molecule has 0 bridgehead atoms. The minimum absolute atomic E-state index is 0.850. The molecule has 4 aromatic carbocycles. The molecule has 0 N–H and O–H groups in total. The highest BCUT2D eigenvalue weighted by Gasteiger charge is 2.03. The van der Waals surface area contributed by atoms with E-state index in [1.807, 2.05) is 42.5 Å². The van der Waals surface area contributed by atoms with Gasteiger partial charge in [-0.1, -0.05) is 72.8 Å². The van der Waals surface area contributed by atoms with Crippen molar-refractivity contribution >= 4 is 22.1 Å². The van der Waals surface area contributed by atoms with Gasteiger partial charge in [0, 0.05) is 0 Å². The first kappa shape index (κ1) is 14.3. The summed E-state index contributed by atoms with van der Waals surface area (Å²) in [6.45, 7) is 0. The van der Waals surface area contributed by atoms with E-state index in [-0.39, 0.29) is 0 Å². The van der Waals surface area contributed by atoms with Gasteiger partial charge in [0.2, 0.25) is 0 Å². The highest BCUT2D eigenvalue weighted by molar-refractivity contribution is 5.96. The molecular formula is C22H16N2. The zero-order valence-electron chi connectivity index (χ0n) is 13.1. The number of nitrogens with zero attached hydrogens (tertiary/aromatic N) is 2. The van der Waals surface area contributed by atoms with Crippen LogP contribution in [0.5, 0.6) is 0 Å². The van der Waals surface area contributed by atoms with Crippen LogP contribution in [0.15, 0.2) is 107 Å². The molecule has 4 aromatic rings. The van der Waals surface area contributed by atoms with E-state index >= 15 is 0 Å². The first-order chi connectivity index (χ1) is 11.9. The summed E-state index contributed by atoms with van der Waals surface area (Å²) in [7, 11) is 0. The van der Waals surface area contributed by atoms with Gasteiger partial charge in [-0.05, 0) is 46.2 Å². The molecule has 0 atom stereocenters. The maximum atomic E-state index is 4.30. The van der Waals surface area contributed by atoms with Gasteiger partial charge in [0.1, 0.15) is 0 Å². The summed E-state index contributed by atoms with van der Waals surface area (Å²) >= 11 is 0. The van der Waals surface area contributed by atoms with Gasteiger partial charge >= 0.3 is 0 Å². The third-order valence-electron chi connectivity index (χ3n) is 4.01. The van der Waals surface area contributed by atoms with Crippen molar-refractivity contribution in [2.24, 2.45) is 10.2 Å². The molecule has 0 heterocycles. The van der Waals surface area contributed by atoms with Crippen LogP contribution in [-0.2, 0) is 0 Å². The van der Waals surface area contributed by atoms with Gasteiger partial charge in [0.15, 0.2) is 0 Å². The Morgan fingerprint density at radius 2 is 1.08 bits per heavy atom. The summed E-state index contributed by atoms with van der Waals surface area (Å²) in [5.41, 5.74) is 4.13. The molecule has 114 valence electrons. The fourth-order valence-corrected chi connectivity index (χ4v) is 2.79. The lowest BCUT2D eigenvalue weighted by molar-refractivity contribution is 1.23. The van der Waals surface area contributed by atoms with Crippen molar-refractivity contribution in [3.05, 3.63) is 97.1 Å². The second-order valence-corrected chi connectivity index (χ2v) is 5.61. The Labute approximate surface area is 141 Å². The Kier molecular flexibility index (Phi) is 3.86. The molecule has 0 fully saturated rings. The molecule has 2 nitrogen and oxygen atoms in total. The maximum Gasteiger partial charge on any atom is 0.0857 e. The lowest BCUT2D eigenvalue weighted by Gasteiger charge is -2.07. The number of azo groups is 1. The molecule has 0 radical (unpaired) electrons. The van der Waals surface area contributed by atoms with Crippen LogP contribution in [-0.4, -0.2) is 0 Å². The van der Waals surface area contributed by atoms with Gasteiger partial charge in [-0.15, -0.1) is 0 Å². The quantitative estimate of drug-likeness (QED) is 0.367. The molecule has 2 heteroatoms. The second-order valence-electron chi connectivity index (χ2n) is 5.61. The van der Waals surface area contributed by atoms with E-state index in [2.05, 4.69) is 64.8 Å². The van der Waals surface area contributed by atoms with Crippen LogP contribution in [0.4, 0.5) is 11.4 Å². The van der Waals surface area contributed by atoms with Crippen molar-refractivity contribution in [2.45, 2.75) is 0 Å². The van der Waals surface area contributed by atoms with E-state index in [9.17, 15) is 0 Å². The van der Waals surface area contributed by atoms with Crippen molar-refractivity contribution in [3.8, 4) is 11.1 Å². The standard InChI is InChI=1S/C22H16N2/c1-2-9-19(10-3-1)23-24-20-15-13-18(14-16-20)22-12-6-8-17-7-4-5-11-21(17)22/h1-16H. The van der Waals surface area contributed by atoms with Crippen LogP contribution in [0.3, 0.4) is 0 Å². The van der Waals surface area contributed by atoms with Crippen LogP contribution in [0, 0.1) is 0 Å². The van der Waals surface area contributed by atoms with Crippen LogP contribution in [0.25, 0.3) is 21.9 Å². The predicted molar refractivity (Wildman–Crippen MR) is 100 cm³/mol. The van der Waals surface area contributed by atoms with Crippen LogP contribution >= 0.6 is 0 Å². The first-order valence-electron chi connectivity index (χ1n) is 7.95.